The van der Waals surface area contributed by atoms with Gasteiger partial charge in [0.15, 0.2) is 5.70 Å². The minimum absolute atomic E-state index is 0.246. The van der Waals surface area contributed by atoms with Crippen molar-refractivity contribution in [1.29, 1.82) is 0 Å². The van der Waals surface area contributed by atoms with Crippen LogP contribution in [0, 0.1) is 0 Å². The molecule has 0 atom stereocenters. The average Bonchev–Trinajstić information content (AvgIpc) is 2.90. The number of hydrogen-bond donors (Lipinski definition) is 0. The quantitative estimate of drug-likeness (QED) is 0.619. The molecule has 2 aromatic carbocycles. The van der Waals surface area contributed by atoms with Crippen molar-refractivity contribution >= 4 is 33.9 Å². The van der Waals surface area contributed by atoms with Crippen LogP contribution in [0.15, 0.2) is 63.7 Å². The fourth-order valence-corrected chi connectivity index (χ4v) is 2.46. The van der Waals surface area contributed by atoms with E-state index in [1.54, 1.807) is 13.2 Å². The highest BCUT2D eigenvalue weighted by Gasteiger charge is 2.24. The van der Waals surface area contributed by atoms with Gasteiger partial charge in [-0.05, 0) is 36.4 Å². The van der Waals surface area contributed by atoms with Crippen LogP contribution in [0.5, 0.6) is 5.75 Å². The molecule has 1 aliphatic heterocycles. The number of halogens is 1. The van der Waals surface area contributed by atoms with E-state index < -0.39 is 5.97 Å². The van der Waals surface area contributed by atoms with E-state index in [0.717, 1.165) is 15.6 Å². The van der Waals surface area contributed by atoms with Crippen LogP contribution in [0.25, 0.3) is 6.08 Å². The van der Waals surface area contributed by atoms with Crippen molar-refractivity contribution < 1.29 is 14.3 Å². The molecule has 0 unspecified atom stereocenters. The molecule has 4 nitrogen and oxygen atoms in total. The molecule has 0 aromatic heterocycles. The maximum Gasteiger partial charge on any atom is 0.363 e. The number of benzene rings is 2. The Kier molecular flexibility index (Phi) is 4.06. The first-order valence-corrected chi connectivity index (χ1v) is 7.38. The van der Waals surface area contributed by atoms with Crippen molar-refractivity contribution in [3.8, 4) is 5.75 Å². The van der Waals surface area contributed by atoms with Gasteiger partial charge in [-0.15, -0.1) is 0 Å². The van der Waals surface area contributed by atoms with Crippen LogP contribution in [-0.4, -0.2) is 19.0 Å². The number of cyclic esters (lactones) is 1. The van der Waals surface area contributed by atoms with Gasteiger partial charge in [-0.25, -0.2) is 9.79 Å². The molecule has 0 N–H and O–H groups in total. The second-order valence-corrected chi connectivity index (χ2v) is 5.50. The lowest BCUT2D eigenvalue weighted by Gasteiger charge is -2.04. The smallest absolute Gasteiger partial charge is 0.363 e. The number of carbonyl (C=O) groups is 1. The number of ether oxygens (including phenoxy) is 2. The van der Waals surface area contributed by atoms with Gasteiger partial charge in [0, 0.05) is 15.6 Å². The lowest BCUT2D eigenvalue weighted by Crippen LogP contribution is -2.05. The van der Waals surface area contributed by atoms with Crippen molar-refractivity contribution in [3.05, 3.63) is 69.8 Å². The molecular weight excluding hydrogens is 346 g/mol. The normalized spacial score (nSPS) is 15.6. The van der Waals surface area contributed by atoms with Crippen LogP contribution in [0.4, 0.5) is 0 Å². The zero-order valence-electron chi connectivity index (χ0n) is 11.7. The van der Waals surface area contributed by atoms with Gasteiger partial charge < -0.3 is 9.47 Å². The van der Waals surface area contributed by atoms with Gasteiger partial charge in [0.05, 0.1) is 7.11 Å². The summed E-state index contributed by atoms with van der Waals surface area (Å²) in [5.74, 6) is 0.499. The van der Waals surface area contributed by atoms with Crippen molar-refractivity contribution in [3.63, 3.8) is 0 Å². The summed E-state index contributed by atoms with van der Waals surface area (Å²) >= 11 is 3.40. The summed E-state index contributed by atoms with van der Waals surface area (Å²) in [5.41, 5.74) is 1.76. The van der Waals surface area contributed by atoms with Crippen molar-refractivity contribution in [2.24, 2.45) is 4.99 Å². The molecule has 110 valence electrons. The molecule has 0 fully saturated rings. The molecule has 0 aliphatic carbocycles. The topological polar surface area (TPSA) is 47.9 Å². The summed E-state index contributed by atoms with van der Waals surface area (Å²) in [6.45, 7) is 0. The lowest BCUT2D eigenvalue weighted by molar-refractivity contribution is -0.129. The SMILES string of the molecule is COc1ccc(Br)cc1/C=C1\N=C(c2ccccc2)OC1=O. The monoisotopic (exact) mass is 357 g/mol. The van der Waals surface area contributed by atoms with E-state index in [1.165, 1.54) is 0 Å². The first kappa shape index (κ1) is 14.5. The predicted octanol–water partition coefficient (Wildman–Crippen LogP) is 3.80. The maximum absolute atomic E-state index is 12.0. The van der Waals surface area contributed by atoms with Crippen LogP contribution in [0.2, 0.25) is 0 Å². The first-order chi connectivity index (χ1) is 10.7. The third-order valence-electron chi connectivity index (χ3n) is 3.13. The summed E-state index contributed by atoms with van der Waals surface area (Å²) in [7, 11) is 1.58. The molecule has 22 heavy (non-hydrogen) atoms. The Balaban J connectivity index is 2.00. The Morgan fingerprint density at radius 3 is 2.68 bits per heavy atom. The average molecular weight is 358 g/mol. The summed E-state index contributed by atoms with van der Waals surface area (Å²) in [6, 6.07) is 14.9. The zero-order chi connectivity index (χ0) is 15.5. The van der Waals surface area contributed by atoms with Gasteiger partial charge in [-0.3, -0.25) is 0 Å². The molecule has 0 bridgehead atoms. The number of hydrogen-bond acceptors (Lipinski definition) is 4. The highest BCUT2D eigenvalue weighted by molar-refractivity contribution is 9.10. The highest BCUT2D eigenvalue weighted by atomic mass is 79.9. The number of rotatable bonds is 3. The molecule has 1 aliphatic rings. The van der Waals surface area contributed by atoms with Crippen molar-refractivity contribution in [2.45, 2.75) is 0 Å². The number of esters is 1. The van der Waals surface area contributed by atoms with Gasteiger partial charge in [0.2, 0.25) is 5.90 Å². The van der Waals surface area contributed by atoms with Crippen LogP contribution < -0.4 is 4.74 Å². The van der Waals surface area contributed by atoms with Gasteiger partial charge in [0.25, 0.3) is 0 Å². The van der Waals surface area contributed by atoms with Crippen LogP contribution in [0.1, 0.15) is 11.1 Å². The molecule has 1 heterocycles. The first-order valence-electron chi connectivity index (χ1n) is 6.59. The van der Waals surface area contributed by atoms with Gasteiger partial charge in [-0.2, -0.15) is 0 Å². The van der Waals surface area contributed by atoms with E-state index in [2.05, 4.69) is 20.9 Å². The molecule has 3 rings (SSSR count). The number of carbonyl (C=O) groups excluding carboxylic acids is 1. The third-order valence-corrected chi connectivity index (χ3v) is 3.62. The standard InChI is InChI=1S/C17H12BrNO3/c1-21-15-8-7-13(18)9-12(15)10-14-17(20)22-16(19-14)11-5-3-2-4-6-11/h2-10H,1H3/b14-10-. The van der Waals surface area contributed by atoms with E-state index in [1.807, 2.05) is 48.5 Å². The zero-order valence-corrected chi connectivity index (χ0v) is 13.3. The third kappa shape index (κ3) is 2.94. The van der Waals surface area contributed by atoms with Crippen molar-refractivity contribution in [2.75, 3.05) is 7.11 Å². The molecular formula is C17H12BrNO3. The number of aliphatic imine (C=N–C) groups is 1. The molecule has 5 heteroatoms. The summed E-state index contributed by atoms with van der Waals surface area (Å²) in [5, 5.41) is 0. The molecule has 0 spiro atoms. The Labute approximate surface area is 136 Å². The Bertz CT molecular complexity index is 782. The molecule has 0 saturated carbocycles. The fourth-order valence-electron chi connectivity index (χ4n) is 2.08. The lowest BCUT2D eigenvalue weighted by atomic mass is 10.1. The van der Waals surface area contributed by atoms with E-state index >= 15 is 0 Å². The fraction of sp³-hybridized carbons (Fsp3) is 0.0588. The van der Waals surface area contributed by atoms with Crippen LogP contribution in [0.3, 0.4) is 0 Å². The largest absolute Gasteiger partial charge is 0.496 e. The summed E-state index contributed by atoms with van der Waals surface area (Å²) < 4.78 is 11.4. The summed E-state index contributed by atoms with van der Waals surface area (Å²) in [6.07, 6.45) is 1.65. The Morgan fingerprint density at radius 2 is 1.95 bits per heavy atom. The van der Waals surface area contributed by atoms with E-state index in [0.29, 0.717) is 11.6 Å². The minimum Gasteiger partial charge on any atom is -0.496 e. The van der Waals surface area contributed by atoms with E-state index in [4.69, 9.17) is 9.47 Å². The highest BCUT2D eigenvalue weighted by Crippen LogP contribution is 2.27. The van der Waals surface area contributed by atoms with Gasteiger partial charge >= 0.3 is 5.97 Å². The Morgan fingerprint density at radius 1 is 1.18 bits per heavy atom. The molecule has 0 radical (unpaired) electrons. The van der Waals surface area contributed by atoms with Gasteiger partial charge in [0.1, 0.15) is 5.75 Å². The number of nitrogens with zero attached hydrogens (tertiary/aromatic N) is 1. The predicted molar refractivity (Wildman–Crippen MR) is 87.7 cm³/mol. The van der Waals surface area contributed by atoms with Crippen LogP contribution in [-0.2, 0) is 9.53 Å². The molecule has 0 amide bonds. The van der Waals surface area contributed by atoms with Crippen molar-refractivity contribution in [1.82, 2.24) is 0 Å². The molecule has 2 aromatic rings. The second-order valence-electron chi connectivity index (χ2n) is 4.59. The van der Waals surface area contributed by atoms with E-state index in [9.17, 15) is 4.79 Å². The second kappa shape index (κ2) is 6.15. The minimum atomic E-state index is -0.471. The maximum atomic E-state index is 12.0. The molecule has 0 saturated heterocycles. The number of methoxy groups -OCH3 is 1. The van der Waals surface area contributed by atoms with E-state index in [-0.39, 0.29) is 5.70 Å². The summed E-state index contributed by atoms with van der Waals surface area (Å²) in [4.78, 5) is 16.3. The van der Waals surface area contributed by atoms with Crippen LogP contribution >= 0.6 is 15.9 Å². The van der Waals surface area contributed by atoms with Gasteiger partial charge in [-0.1, -0.05) is 34.1 Å². The Hall–Kier alpha value is -2.40.